The molecule has 36 heavy (non-hydrogen) atoms. The Labute approximate surface area is 220 Å². The molecule has 0 radical (unpaired) electrons. The minimum atomic E-state index is -0.633. The van der Waals surface area contributed by atoms with Gasteiger partial charge in [-0.1, -0.05) is 23.2 Å². The topological polar surface area (TPSA) is 85.4 Å². The third-order valence-electron chi connectivity index (χ3n) is 6.50. The van der Waals surface area contributed by atoms with Gasteiger partial charge in [0.2, 0.25) is 0 Å². The average Bonchev–Trinajstić information content (AvgIpc) is 3.39. The first kappa shape index (κ1) is 26.1. The van der Waals surface area contributed by atoms with E-state index in [0.29, 0.717) is 49.5 Å². The molecule has 8 nitrogen and oxygen atoms in total. The fourth-order valence-electron chi connectivity index (χ4n) is 4.64. The van der Waals surface area contributed by atoms with Crippen molar-refractivity contribution in [2.24, 2.45) is 0 Å². The summed E-state index contributed by atoms with van der Waals surface area (Å²) >= 11 is 12.9. The van der Waals surface area contributed by atoms with E-state index in [0.717, 1.165) is 19.3 Å². The average molecular weight is 535 g/mol. The molecule has 192 valence electrons. The molecule has 2 fully saturated rings. The number of esters is 1. The molecule has 0 unspecified atom stereocenters. The summed E-state index contributed by atoms with van der Waals surface area (Å²) in [5.41, 5.74) is 0.627. The maximum Gasteiger partial charge on any atom is 0.328 e. The van der Waals surface area contributed by atoms with E-state index in [2.05, 4.69) is 0 Å². The van der Waals surface area contributed by atoms with Gasteiger partial charge in [-0.15, -0.1) is 0 Å². The Morgan fingerprint density at radius 3 is 2.22 bits per heavy atom. The molecule has 2 saturated heterocycles. The number of ether oxygens (including phenoxy) is 3. The number of amides is 2. The van der Waals surface area contributed by atoms with Crippen LogP contribution in [0.2, 0.25) is 10.0 Å². The Bertz CT molecular complexity index is 1140. The first-order chi connectivity index (χ1) is 17.3. The molecule has 0 aliphatic carbocycles. The van der Waals surface area contributed by atoms with Crippen molar-refractivity contribution in [2.45, 2.75) is 38.1 Å². The van der Waals surface area contributed by atoms with Crippen LogP contribution in [-0.2, 0) is 9.53 Å². The summed E-state index contributed by atoms with van der Waals surface area (Å²) in [6, 6.07) is 7.20. The van der Waals surface area contributed by atoms with Crippen molar-refractivity contribution in [3.63, 3.8) is 0 Å². The van der Waals surface area contributed by atoms with E-state index in [9.17, 15) is 14.4 Å². The van der Waals surface area contributed by atoms with E-state index in [1.165, 1.54) is 31.3 Å². The van der Waals surface area contributed by atoms with Crippen LogP contribution in [0.15, 0.2) is 30.3 Å². The van der Waals surface area contributed by atoms with Gasteiger partial charge in [-0.2, -0.15) is 0 Å². The molecule has 10 heteroatoms. The monoisotopic (exact) mass is 534 g/mol. The normalized spacial score (nSPS) is 17.6. The third kappa shape index (κ3) is 5.39. The fraction of sp³-hybridized carbons (Fsp3) is 0.423. The fourth-order valence-corrected chi connectivity index (χ4v) is 5.20. The highest BCUT2D eigenvalue weighted by atomic mass is 35.5. The van der Waals surface area contributed by atoms with Crippen molar-refractivity contribution in [1.82, 2.24) is 9.80 Å². The largest absolute Gasteiger partial charge is 0.496 e. The van der Waals surface area contributed by atoms with Crippen LogP contribution in [0.5, 0.6) is 17.2 Å². The molecule has 0 saturated carbocycles. The summed E-state index contributed by atoms with van der Waals surface area (Å²) in [7, 11) is 2.81. The number of benzene rings is 2. The Morgan fingerprint density at radius 2 is 1.58 bits per heavy atom. The molecule has 0 N–H and O–H groups in total. The maximum absolute atomic E-state index is 13.1. The van der Waals surface area contributed by atoms with E-state index < -0.39 is 12.0 Å². The number of hydrogen-bond acceptors (Lipinski definition) is 6. The SMILES string of the molecule is COC(=O)[C@@H]1CCCN1C(=O)c1cc(Cl)c(Oc2ccc(OC)c(C(=O)N3CCCCC3)c2)c(Cl)c1. The van der Waals surface area contributed by atoms with Crippen LogP contribution in [0.1, 0.15) is 52.8 Å². The minimum Gasteiger partial charge on any atom is -0.496 e. The standard InChI is InChI=1S/C26H28Cl2N2O6/c1-34-22-9-8-17(15-18(22)25(32)29-10-4-3-5-11-29)36-23-19(27)13-16(14-20(23)28)24(31)30-12-6-7-21(30)26(33)35-2/h8-9,13-15,21H,3-7,10-12H2,1-2H3/t21-/m0/s1. The molecule has 0 spiro atoms. The zero-order valence-electron chi connectivity index (χ0n) is 20.2. The van der Waals surface area contributed by atoms with Crippen LogP contribution in [0.4, 0.5) is 0 Å². The Morgan fingerprint density at radius 1 is 0.889 bits per heavy atom. The van der Waals surface area contributed by atoms with Gasteiger partial charge in [-0.25, -0.2) is 4.79 Å². The van der Waals surface area contributed by atoms with Crippen molar-refractivity contribution < 1.29 is 28.6 Å². The second-order valence-electron chi connectivity index (χ2n) is 8.77. The highest BCUT2D eigenvalue weighted by Crippen LogP contribution is 2.39. The lowest BCUT2D eigenvalue weighted by atomic mass is 10.1. The second kappa shape index (κ2) is 11.4. The molecule has 4 rings (SSSR count). The van der Waals surface area contributed by atoms with E-state index in [1.807, 2.05) is 4.90 Å². The summed E-state index contributed by atoms with van der Waals surface area (Å²) in [6.07, 6.45) is 4.29. The molecule has 2 aliphatic rings. The van der Waals surface area contributed by atoms with Crippen molar-refractivity contribution in [2.75, 3.05) is 33.9 Å². The van der Waals surface area contributed by atoms with E-state index in [1.54, 1.807) is 18.2 Å². The molecular formula is C26H28Cl2N2O6. The lowest BCUT2D eigenvalue weighted by molar-refractivity contribution is -0.145. The van der Waals surface area contributed by atoms with Gasteiger partial charge in [0.25, 0.3) is 11.8 Å². The van der Waals surface area contributed by atoms with Crippen molar-refractivity contribution >= 4 is 41.0 Å². The minimum absolute atomic E-state index is 0.124. The molecule has 2 aromatic rings. The Hall–Kier alpha value is -2.97. The maximum atomic E-state index is 13.1. The second-order valence-corrected chi connectivity index (χ2v) is 9.58. The number of carbonyl (C=O) groups excluding carboxylic acids is 3. The summed E-state index contributed by atoms with van der Waals surface area (Å²) in [5, 5.41) is 0.249. The Balaban J connectivity index is 1.57. The molecule has 0 aromatic heterocycles. The number of nitrogens with zero attached hydrogens (tertiary/aromatic N) is 2. The van der Waals surface area contributed by atoms with E-state index in [4.69, 9.17) is 37.4 Å². The quantitative estimate of drug-likeness (QED) is 0.473. The van der Waals surface area contributed by atoms with Gasteiger partial charge in [0.15, 0.2) is 5.75 Å². The zero-order valence-corrected chi connectivity index (χ0v) is 21.7. The molecule has 2 aliphatic heterocycles. The number of hydrogen-bond donors (Lipinski definition) is 0. The molecule has 0 bridgehead atoms. The van der Waals surface area contributed by atoms with Crippen LogP contribution in [0.3, 0.4) is 0 Å². The molecule has 2 heterocycles. The van der Waals surface area contributed by atoms with Gasteiger partial charge in [0.05, 0.1) is 29.8 Å². The summed E-state index contributed by atoms with van der Waals surface area (Å²) in [6.45, 7) is 1.84. The van der Waals surface area contributed by atoms with Gasteiger partial charge in [0.1, 0.15) is 17.5 Å². The van der Waals surface area contributed by atoms with Crippen LogP contribution in [-0.4, -0.2) is 67.5 Å². The number of likely N-dealkylation sites (tertiary alicyclic amines) is 2. The first-order valence-electron chi connectivity index (χ1n) is 11.9. The summed E-state index contributed by atoms with van der Waals surface area (Å²) in [4.78, 5) is 41.5. The van der Waals surface area contributed by atoms with Gasteiger partial charge >= 0.3 is 5.97 Å². The number of methoxy groups -OCH3 is 2. The van der Waals surface area contributed by atoms with Crippen molar-refractivity contribution in [3.8, 4) is 17.2 Å². The highest BCUT2D eigenvalue weighted by molar-refractivity contribution is 6.37. The summed E-state index contributed by atoms with van der Waals surface area (Å²) in [5.74, 6) is 0.0129. The van der Waals surface area contributed by atoms with Gasteiger partial charge in [-0.05, 0) is 62.4 Å². The molecular weight excluding hydrogens is 507 g/mol. The third-order valence-corrected chi connectivity index (χ3v) is 7.06. The lowest BCUT2D eigenvalue weighted by Crippen LogP contribution is -2.41. The summed E-state index contributed by atoms with van der Waals surface area (Å²) < 4.78 is 16.2. The number of piperidine rings is 1. The lowest BCUT2D eigenvalue weighted by Gasteiger charge is -2.27. The van der Waals surface area contributed by atoms with Crippen LogP contribution >= 0.6 is 23.2 Å². The van der Waals surface area contributed by atoms with E-state index >= 15 is 0 Å². The van der Waals surface area contributed by atoms with Crippen LogP contribution in [0.25, 0.3) is 0 Å². The van der Waals surface area contributed by atoms with Crippen LogP contribution < -0.4 is 9.47 Å². The van der Waals surface area contributed by atoms with Crippen molar-refractivity contribution in [3.05, 3.63) is 51.5 Å². The first-order valence-corrected chi connectivity index (χ1v) is 12.6. The number of halogens is 2. The van der Waals surface area contributed by atoms with Crippen LogP contribution in [0, 0.1) is 0 Å². The van der Waals surface area contributed by atoms with Gasteiger partial charge < -0.3 is 24.0 Å². The van der Waals surface area contributed by atoms with Gasteiger partial charge in [-0.3, -0.25) is 9.59 Å². The smallest absolute Gasteiger partial charge is 0.328 e. The molecule has 2 aromatic carbocycles. The van der Waals surface area contributed by atoms with Crippen molar-refractivity contribution in [1.29, 1.82) is 0 Å². The highest BCUT2D eigenvalue weighted by Gasteiger charge is 2.35. The Kier molecular flexibility index (Phi) is 8.26. The molecule has 1 atom stereocenters. The van der Waals surface area contributed by atoms with E-state index in [-0.39, 0.29) is 33.2 Å². The zero-order chi connectivity index (χ0) is 25.8. The number of carbonyl (C=O) groups is 3. The predicted molar refractivity (Wildman–Crippen MR) is 135 cm³/mol. The van der Waals surface area contributed by atoms with Gasteiger partial charge in [0, 0.05) is 25.2 Å². The predicted octanol–water partition coefficient (Wildman–Crippen LogP) is 5.20. The number of rotatable bonds is 6. The molecule has 2 amide bonds.